The molecule has 2 aromatic rings. The van der Waals surface area contributed by atoms with E-state index in [1.165, 1.54) is 19.3 Å². The Morgan fingerprint density at radius 1 is 1.32 bits per heavy atom. The molecule has 1 aromatic carbocycles. The SMILES string of the molecule is Cc1cc(Cl)cc2nc(C3C4CCC(C4)C3N)oc12. The molecule has 2 N–H and O–H groups in total. The van der Waals surface area contributed by atoms with Crippen LogP contribution in [0.2, 0.25) is 5.02 Å². The van der Waals surface area contributed by atoms with Crippen molar-refractivity contribution < 1.29 is 4.42 Å². The second-order valence-electron chi connectivity index (χ2n) is 6.06. The van der Waals surface area contributed by atoms with Gasteiger partial charge in [0.25, 0.3) is 0 Å². The van der Waals surface area contributed by atoms with Gasteiger partial charge in [-0.2, -0.15) is 0 Å². The molecule has 0 spiro atoms. The maximum Gasteiger partial charge on any atom is 0.200 e. The Labute approximate surface area is 117 Å². The fraction of sp³-hybridized carbons (Fsp3) is 0.533. The van der Waals surface area contributed by atoms with Gasteiger partial charge in [0.2, 0.25) is 0 Å². The fourth-order valence-corrected chi connectivity index (χ4v) is 4.29. The Bertz CT molecular complexity index is 649. The van der Waals surface area contributed by atoms with Crippen LogP contribution >= 0.6 is 11.6 Å². The number of oxazole rings is 1. The predicted octanol–water partition coefficient (Wildman–Crippen LogP) is 3.63. The Morgan fingerprint density at radius 3 is 2.84 bits per heavy atom. The molecule has 3 nitrogen and oxygen atoms in total. The minimum atomic E-state index is 0.211. The van der Waals surface area contributed by atoms with Crippen molar-refractivity contribution in [1.82, 2.24) is 4.98 Å². The molecule has 19 heavy (non-hydrogen) atoms. The van der Waals surface area contributed by atoms with Gasteiger partial charge in [0.05, 0.1) is 5.92 Å². The molecule has 0 aliphatic heterocycles. The van der Waals surface area contributed by atoms with Crippen molar-refractivity contribution in [3.8, 4) is 0 Å². The van der Waals surface area contributed by atoms with Crippen LogP contribution in [0.5, 0.6) is 0 Å². The van der Waals surface area contributed by atoms with Crippen LogP contribution in [0.1, 0.15) is 36.6 Å². The second kappa shape index (κ2) is 3.97. The first-order chi connectivity index (χ1) is 9.13. The highest BCUT2D eigenvalue weighted by molar-refractivity contribution is 6.31. The van der Waals surface area contributed by atoms with Gasteiger partial charge in [-0.25, -0.2) is 4.98 Å². The topological polar surface area (TPSA) is 52.0 Å². The maximum absolute atomic E-state index is 6.36. The zero-order chi connectivity index (χ0) is 13.1. The summed E-state index contributed by atoms with van der Waals surface area (Å²) in [5, 5.41) is 0.710. The van der Waals surface area contributed by atoms with E-state index in [1.807, 2.05) is 19.1 Å². The van der Waals surface area contributed by atoms with Gasteiger partial charge in [-0.3, -0.25) is 0 Å². The van der Waals surface area contributed by atoms with Gasteiger partial charge < -0.3 is 10.2 Å². The highest BCUT2D eigenvalue weighted by Crippen LogP contribution is 2.52. The van der Waals surface area contributed by atoms with Gasteiger partial charge in [-0.15, -0.1) is 0 Å². The molecule has 0 amide bonds. The van der Waals surface area contributed by atoms with Crippen molar-refractivity contribution in [1.29, 1.82) is 0 Å². The van der Waals surface area contributed by atoms with Crippen LogP contribution in [0.3, 0.4) is 0 Å². The van der Waals surface area contributed by atoms with Gasteiger partial charge in [-0.05, 0) is 55.7 Å². The smallest absolute Gasteiger partial charge is 0.200 e. The first-order valence-corrected chi connectivity index (χ1v) is 7.33. The highest BCUT2D eigenvalue weighted by atomic mass is 35.5. The molecule has 2 aliphatic carbocycles. The van der Waals surface area contributed by atoms with E-state index in [0.29, 0.717) is 22.8 Å². The zero-order valence-corrected chi connectivity index (χ0v) is 11.7. The van der Waals surface area contributed by atoms with Crippen molar-refractivity contribution >= 4 is 22.7 Å². The summed E-state index contributed by atoms with van der Waals surface area (Å²) >= 11 is 6.08. The third-order valence-corrected chi connectivity index (χ3v) is 5.14. The standard InChI is InChI=1S/C15H17ClN2O/c1-7-4-10(16)6-11-14(7)19-15(18-11)12-8-2-3-9(5-8)13(12)17/h4,6,8-9,12-13H,2-3,5,17H2,1H3. The van der Waals surface area contributed by atoms with Gasteiger partial charge in [0.15, 0.2) is 11.5 Å². The Kier molecular flexibility index (Phi) is 2.45. The molecular formula is C15H17ClN2O. The number of hydrogen-bond acceptors (Lipinski definition) is 3. The van der Waals surface area contributed by atoms with E-state index in [-0.39, 0.29) is 6.04 Å². The van der Waals surface area contributed by atoms with Crippen LogP contribution in [-0.4, -0.2) is 11.0 Å². The van der Waals surface area contributed by atoms with E-state index in [0.717, 1.165) is 22.6 Å². The van der Waals surface area contributed by atoms with E-state index in [9.17, 15) is 0 Å². The van der Waals surface area contributed by atoms with Crippen LogP contribution in [0.4, 0.5) is 0 Å². The van der Waals surface area contributed by atoms with Crippen molar-refractivity contribution in [3.05, 3.63) is 28.6 Å². The molecule has 0 radical (unpaired) electrons. The van der Waals surface area contributed by atoms with Crippen LogP contribution in [0.25, 0.3) is 11.1 Å². The quantitative estimate of drug-likeness (QED) is 0.865. The molecule has 2 saturated carbocycles. The lowest BCUT2D eigenvalue weighted by Crippen LogP contribution is -2.34. The van der Waals surface area contributed by atoms with E-state index >= 15 is 0 Å². The molecular weight excluding hydrogens is 260 g/mol. The lowest BCUT2D eigenvalue weighted by atomic mass is 9.85. The van der Waals surface area contributed by atoms with Crippen LogP contribution < -0.4 is 5.73 Å². The number of rotatable bonds is 1. The summed E-state index contributed by atoms with van der Waals surface area (Å²) in [6, 6.07) is 4.00. The molecule has 4 rings (SSSR count). The van der Waals surface area contributed by atoms with Gasteiger partial charge in [0, 0.05) is 11.1 Å². The monoisotopic (exact) mass is 276 g/mol. The number of aromatic nitrogens is 1. The molecule has 4 unspecified atom stereocenters. The summed E-state index contributed by atoms with van der Waals surface area (Å²) in [6.07, 6.45) is 3.78. The molecule has 4 heteroatoms. The summed E-state index contributed by atoms with van der Waals surface area (Å²) in [5.41, 5.74) is 9.11. The van der Waals surface area contributed by atoms with E-state index in [2.05, 4.69) is 4.98 Å². The van der Waals surface area contributed by atoms with Crippen LogP contribution in [0, 0.1) is 18.8 Å². The first-order valence-electron chi connectivity index (χ1n) is 6.95. The third kappa shape index (κ3) is 1.65. The number of halogens is 1. The molecule has 2 bridgehead atoms. The average Bonchev–Trinajstić information content (AvgIpc) is 3.01. The normalized spacial score (nSPS) is 33.4. The maximum atomic E-state index is 6.36. The predicted molar refractivity (Wildman–Crippen MR) is 75.3 cm³/mol. The molecule has 4 atom stereocenters. The molecule has 0 saturated heterocycles. The van der Waals surface area contributed by atoms with Crippen LogP contribution in [0.15, 0.2) is 16.5 Å². The second-order valence-corrected chi connectivity index (χ2v) is 6.50. The van der Waals surface area contributed by atoms with Crippen molar-refractivity contribution in [3.63, 3.8) is 0 Å². The molecule has 1 heterocycles. The van der Waals surface area contributed by atoms with E-state index < -0.39 is 0 Å². The average molecular weight is 277 g/mol. The molecule has 100 valence electrons. The van der Waals surface area contributed by atoms with Gasteiger partial charge in [0.1, 0.15) is 5.52 Å². The van der Waals surface area contributed by atoms with Gasteiger partial charge in [-0.1, -0.05) is 11.6 Å². The first kappa shape index (κ1) is 11.7. The highest BCUT2D eigenvalue weighted by Gasteiger charge is 2.48. The van der Waals surface area contributed by atoms with Crippen molar-refractivity contribution in [2.24, 2.45) is 17.6 Å². The van der Waals surface area contributed by atoms with Crippen molar-refractivity contribution in [2.45, 2.75) is 38.1 Å². The minimum Gasteiger partial charge on any atom is -0.440 e. The lowest BCUT2D eigenvalue weighted by Gasteiger charge is -2.25. The minimum absolute atomic E-state index is 0.211. The van der Waals surface area contributed by atoms with Crippen molar-refractivity contribution in [2.75, 3.05) is 0 Å². The number of aryl methyl sites for hydroxylation is 1. The number of nitrogens with zero attached hydrogens (tertiary/aromatic N) is 1. The zero-order valence-electron chi connectivity index (χ0n) is 10.9. The number of nitrogens with two attached hydrogens (primary N) is 1. The molecule has 2 fully saturated rings. The summed E-state index contributed by atoms with van der Waals surface area (Å²) in [6.45, 7) is 2.00. The Balaban J connectivity index is 1.82. The van der Waals surface area contributed by atoms with Crippen LogP contribution in [-0.2, 0) is 0 Å². The van der Waals surface area contributed by atoms with E-state index in [4.69, 9.17) is 21.8 Å². The Morgan fingerprint density at radius 2 is 2.11 bits per heavy atom. The summed E-state index contributed by atoms with van der Waals surface area (Å²) < 4.78 is 6.01. The lowest BCUT2D eigenvalue weighted by molar-refractivity contribution is 0.316. The van der Waals surface area contributed by atoms with Gasteiger partial charge >= 0.3 is 0 Å². The van der Waals surface area contributed by atoms with E-state index in [1.54, 1.807) is 0 Å². The number of fused-ring (bicyclic) bond motifs is 3. The Hall–Kier alpha value is -1.06. The fourth-order valence-electron chi connectivity index (χ4n) is 4.02. The number of benzene rings is 1. The number of hydrogen-bond donors (Lipinski definition) is 1. The molecule has 1 aromatic heterocycles. The summed E-state index contributed by atoms with van der Waals surface area (Å²) in [4.78, 5) is 4.65. The summed E-state index contributed by atoms with van der Waals surface area (Å²) in [7, 11) is 0. The third-order valence-electron chi connectivity index (χ3n) is 4.92. The molecule has 2 aliphatic rings. The summed E-state index contributed by atoms with van der Waals surface area (Å²) in [5.74, 6) is 2.43. The largest absolute Gasteiger partial charge is 0.440 e.